The number of thiazole rings is 1. The van der Waals surface area contributed by atoms with Crippen molar-refractivity contribution < 1.29 is 9.47 Å². The first-order valence-electron chi connectivity index (χ1n) is 8.30. The van der Waals surface area contributed by atoms with E-state index in [1.165, 1.54) is 0 Å². The van der Waals surface area contributed by atoms with E-state index < -0.39 is 0 Å². The van der Waals surface area contributed by atoms with E-state index in [1.807, 2.05) is 25.1 Å². The molecule has 0 saturated heterocycles. The minimum Gasteiger partial charge on any atom is -0.493 e. The lowest BCUT2D eigenvalue weighted by Gasteiger charge is -2.14. The molecule has 2 aromatic rings. The zero-order chi connectivity index (χ0) is 18.2. The fourth-order valence-corrected chi connectivity index (χ4v) is 3.02. The number of benzene rings is 1. The van der Waals surface area contributed by atoms with Gasteiger partial charge in [0.2, 0.25) is 0 Å². The summed E-state index contributed by atoms with van der Waals surface area (Å²) in [6.07, 6.45) is 0. The molecule has 0 aliphatic carbocycles. The highest BCUT2D eigenvalue weighted by atomic mass is 127. The lowest BCUT2D eigenvalue weighted by Crippen LogP contribution is -2.30. The number of nitrogens with zero attached hydrogens (tertiary/aromatic N) is 2. The number of rotatable bonds is 7. The third-order valence-electron chi connectivity index (χ3n) is 3.45. The average Bonchev–Trinajstić information content (AvgIpc) is 3.08. The van der Waals surface area contributed by atoms with Crippen LogP contribution in [0, 0.1) is 0 Å². The minimum absolute atomic E-state index is 0. The van der Waals surface area contributed by atoms with Crippen LogP contribution < -0.4 is 20.1 Å². The van der Waals surface area contributed by atoms with Gasteiger partial charge in [0.25, 0.3) is 0 Å². The van der Waals surface area contributed by atoms with Gasteiger partial charge in [-0.15, -0.1) is 35.3 Å². The zero-order valence-corrected chi connectivity index (χ0v) is 19.0. The van der Waals surface area contributed by atoms with Gasteiger partial charge in [-0.2, -0.15) is 0 Å². The molecule has 1 aromatic carbocycles. The quantitative estimate of drug-likeness (QED) is 0.341. The van der Waals surface area contributed by atoms with Crippen molar-refractivity contribution in [1.82, 2.24) is 10.3 Å². The average molecular weight is 490 g/mol. The second kappa shape index (κ2) is 11.2. The number of halogens is 1. The fourth-order valence-electron chi connectivity index (χ4n) is 2.18. The Kier molecular flexibility index (Phi) is 9.71. The number of hydrogen-bond acceptors (Lipinski definition) is 5. The molecular weight excluding hydrogens is 463 g/mol. The van der Waals surface area contributed by atoms with Crippen LogP contribution in [0.4, 0.5) is 5.69 Å². The highest BCUT2D eigenvalue weighted by Gasteiger charge is 2.09. The Hall–Kier alpha value is -1.55. The molecular formula is C18H27IN4O2S. The summed E-state index contributed by atoms with van der Waals surface area (Å²) in [4.78, 5) is 8.88. The Balaban J connectivity index is 0.00000338. The topological polar surface area (TPSA) is 67.8 Å². The second-order valence-corrected chi connectivity index (χ2v) is 6.57. The minimum atomic E-state index is 0. The lowest BCUT2D eigenvalue weighted by molar-refractivity contribution is 0.311. The first kappa shape index (κ1) is 22.5. The lowest BCUT2D eigenvalue weighted by atomic mass is 10.2. The van der Waals surface area contributed by atoms with Crippen LogP contribution in [0.3, 0.4) is 0 Å². The van der Waals surface area contributed by atoms with Crippen molar-refractivity contribution in [2.24, 2.45) is 4.99 Å². The van der Waals surface area contributed by atoms with Gasteiger partial charge < -0.3 is 20.1 Å². The number of guanidine groups is 1. The van der Waals surface area contributed by atoms with Gasteiger partial charge in [-0.3, -0.25) is 4.99 Å². The van der Waals surface area contributed by atoms with Crippen LogP contribution in [0.25, 0.3) is 0 Å². The van der Waals surface area contributed by atoms with Crippen molar-refractivity contribution in [2.45, 2.75) is 33.2 Å². The van der Waals surface area contributed by atoms with E-state index in [2.05, 4.69) is 39.8 Å². The van der Waals surface area contributed by atoms with Crippen molar-refractivity contribution in [3.63, 3.8) is 0 Å². The first-order valence-corrected chi connectivity index (χ1v) is 9.18. The van der Waals surface area contributed by atoms with Crippen LogP contribution in [0.2, 0.25) is 0 Å². The summed E-state index contributed by atoms with van der Waals surface area (Å²) in [5.41, 5.74) is 1.89. The third kappa shape index (κ3) is 6.31. The predicted octanol–water partition coefficient (Wildman–Crippen LogP) is 4.48. The van der Waals surface area contributed by atoms with Gasteiger partial charge in [-0.1, -0.05) is 13.8 Å². The van der Waals surface area contributed by atoms with E-state index in [9.17, 15) is 0 Å². The van der Waals surface area contributed by atoms with Gasteiger partial charge >= 0.3 is 0 Å². The maximum atomic E-state index is 5.60. The highest BCUT2D eigenvalue weighted by molar-refractivity contribution is 14.0. The Morgan fingerprint density at radius 3 is 2.65 bits per heavy atom. The molecule has 6 nitrogen and oxygen atoms in total. The summed E-state index contributed by atoms with van der Waals surface area (Å²) in [6.45, 7) is 7.44. The molecule has 2 rings (SSSR count). The number of anilines is 1. The largest absolute Gasteiger partial charge is 0.493 e. The molecule has 0 radical (unpaired) electrons. The molecule has 0 bridgehead atoms. The van der Waals surface area contributed by atoms with Gasteiger partial charge in [-0.25, -0.2) is 4.98 Å². The summed E-state index contributed by atoms with van der Waals surface area (Å²) < 4.78 is 10.9. The summed E-state index contributed by atoms with van der Waals surface area (Å²) in [6, 6.07) is 5.69. The van der Waals surface area contributed by atoms with E-state index in [0.29, 0.717) is 36.5 Å². The fraction of sp³-hybridized carbons (Fsp3) is 0.444. The summed E-state index contributed by atoms with van der Waals surface area (Å²) in [7, 11) is 3.37. The van der Waals surface area contributed by atoms with E-state index in [-0.39, 0.29) is 24.0 Å². The maximum absolute atomic E-state index is 5.60. The molecule has 0 amide bonds. The molecule has 0 saturated carbocycles. The Morgan fingerprint density at radius 1 is 1.31 bits per heavy atom. The number of ether oxygens (including phenoxy) is 2. The molecule has 1 aromatic heterocycles. The molecule has 0 aliphatic heterocycles. The van der Waals surface area contributed by atoms with Crippen molar-refractivity contribution in [2.75, 3.05) is 26.1 Å². The molecule has 2 N–H and O–H groups in total. The van der Waals surface area contributed by atoms with Crippen molar-refractivity contribution in [3.8, 4) is 11.5 Å². The molecule has 0 spiro atoms. The normalized spacial score (nSPS) is 11.1. The van der Waals surface area contributed by atoms with Crippen LogP contribution in [-0.4, -0.2) is 31.7 Å². The molecule has 0 unspecified atom stereocenters. The Labute approximate surface area is 176 Å². The summed E-state index contributed by atoms with van der Waals surface area (Å²) >= 11 is 1.69. The van der Waals surface area contributed by atoms with Gasteiger partial charge in [-0.05, 0) is 19.1 Å². The smallest absolute Gasteiger partial charge is 0.195 e. The van der Waals surface area contributed by atoms with E-state index in [1.54, 1.807) is 25.5 Å². The standard InChI is InChI=1S/C18H26N4O2S.HI/c1-6-24-16-9-13(7-8-15(16)23-5)22-18(19-4)20-10-14-11-25-17(21-14)12(2)3;/h7-9,11-12H,6,10H2,1-5H3,(H2,19,20,22);1H. The molecule has 1 heterocycles. The van der Waals surface area contributed by atoms with Crippen molar-refractivity contribution >= 4 is 47.0 Å². The number of aliphatic imine (C=N–C) groups is 1. The Bertz CT molecular complexity index is 719. The molecule has 26 heavy (non-hydrogen) atoms. The zero-order valence-electron chi connectivity index (χ0n) is 15.8. The molecule has 8 heteroatoms. The van der Waals surface area contributed by atoms with Crippen LogP contribution in [0.15, 0.2) is 28.6 Å². The SMILES string of the molecule is CCOc1cc(NC(=NC)NCc2csc(C(C)C)n2)ccc1OC.I. The summed E-state index contributed by atoms with van der Waals surface area (Å²) in [5.74, 6) is 2.53. The predicted molar refractivity (Wildman–Crippen MR) is 120 cm³/mol. The third-order valence-corrected chi connectivity index (χ3v) is 4.64. The van der Waals surface area contributed by atoms with Crippen LogP contribution in [0.1, 0.15) is 37.4 Å². The van der Waals surface area contributed by atoms with Gasteiger partial charge in [0.1, 0.15) is 0 Å². The number of aromatic nitrogens is 1. The van der Waals surface area contributed by atoms with E-state index >= 15 is 0 Å². The Morgan fingerprint density at radius 2 is 2.08 bits per heavy atom. The van der Waals surface area contributed by atoms with Gasteiger partial charge in [0, 0.05) is 30.1 Å². The van der Waals surface area contributed by atoms with E-state index in [4.69, 9.17) is 9.47 Å². The highest BCUT2D eigenvalue weighted by Crippen LogP contribution is 2.30. The van der Waals surface area contributed by atoms with Crippen molar-refractivity contribution in [3.05, 3.63) is 34.3 Å². The number of nitrogens with one attached hydrogen (secondary N) is 2. The maximum Gasteiger partial charge on any atom is 0.195 e. The number of hydrogen-bond donors (Lipinski definition) is 2. The number of methoxy groups -OCH3 is 1. The second-order valence-electron chi connectivity index (χ2n) is 5.68. The molecule has 0 atom stereocenters. The van der Waals surface area contributed by atoms with Crippen LogP contribution in [-0.2, 0) is 6.54 Å². The van der Waals surface area contributed by atoms with Crippen LogP contribution >= 0.6 is 35.3 Å². The van der Waals surface area contributed by atoms with Gasteiger partial charge in [0.05, 0.1) is 31.0 Å². The van der Waals surface area contributed by atoms with Crippen molar-refractivity contribution in [1.29, 1.82) is 0 Å². The summed E-state index contributed by atoms with van der Waals surface area (Å²) in [5, 5.41) is 9.76. The molecule has 144 valence electrons. The van der Waals surface area contributed by atoms with Gasteiger partial charge in [0.15, 0.2) is 17.5 Å². The monoisotopic (exact) mass is 490 g/mol. The molecule has 0 aliphatic rings. The molecule has 0 fully saturated rings. The van der Waals surface area contributed by atoms with E-state index in [0.717, 1.165) is 16.4 Å². The van der Waals surface area contributed by atoms with Crippen LogP contribution in [0.5, 0.6) is 11.5 Å². The first-order chi connectivity index (χ1) is 12.1.